The Balaban J connectivity index is 0.000000561. The smallest absolute Gasteiger partial charge is 0.0319 e. The molecule has 0 unspecified atom stereocenters. The number of hydrogen-bond acceptors (Lipinski definition) is 4. The first-order valence-electron chi connectivity index (χ1n) is 9.43. The van der Waals surface area contributed by atoms with E-state index in [1.807, 2.05) is 13.8 Å². The highest BCUT2D eigenvalue weighted by Gasteiger charge is 2.28. The molecular weight excluding hydrogens is 274 g/mol. The highest BCUT2D eigenvalue weighted by molar-refractivity contribution is 4.84. The summed E-state index contributed by atoms with van der Waals surface area (Å²) in [5.41, 5.74) is 0. The molecular formula is C18H39N3O. The van der Waals surface area contributed by atoms with E-state index < -0.39 is 0 Å². The second-order valence-electron chi connectivity index (χ2n) is 6.77. The van der Waals surface area contributed by atoms with Crippen molar-refractivity contribution in [1.29, 1.82) is 0 Å². The van der Waals surface area contributed by atoms with Crippen molar-refractivity contribution >= 4 is 0 Å². The Hall–Kier alpha value is -0.160. The molecule has 0 aromatic rings. The zero-order valence-corrected chi connectivity index (χ0v) is 15.4. The first-order chi connectivity index (χ1) is 10.8. The number of rotatable bonds is 3. The van der Waals surface area contributed by atoms with E-state index in [2.05, 4.69) is 22.0 Å². The third-order valence-corrected chi connectivity index (χ3v) is 5.29. The molecule has 0 spiro atoms. The summed E-state index contributed by atoms with van der Waals surface area (Å²) in [5, 5.41) is 10.4. The lowest BCUT2D eigenvalue weighted by Gasteiger charge is -2.43. The highest BCUT2D eigenvalue weighted by Crippen LogP contribution is 2.27. The van der Waals surface area contributed by atoms with Gasteiger partial charge in [-0.05, 0) is 37.5 Å². The van der Waals surface area contributed by atoms with Crippen LogP contribution < -0.4 is 5.32 Å². The predicted molar refractivity (Wildman–Crippen MR) is 95.3 cm³/mol. The molecule has 3 aliphatic rings. The van der Waals surface area contributed by atoms with Gasteiger partial charge in [-0.15, -0.1) is 0 Å². The molecule has 22 heavy (non-hydrogen) atoms. The molecule has 4 nitrogen and oxygen atoms in total. The Morgan fingerprint density at radius 1 is 0.909 bits per heavy atom. The molecule has 2 heterocycles. The van der Waals surface area contributed by atoms with Crippen molar-refractivity contribution in [2.75, 3.05) is 52.9 Å². The van der Waals surface area contributed by atoms with E-state index in [0.29, 0.717) is 0 Å². The minimum Gasteiger partial charge on any atom is -0.400 e. The number of aliphatic hydroxyl groups excluding tert-OH is 1. The second-order valence-corrected chi connectivity index (χ2v) is 6.77. The molecule has 2 aliphatic heterocycles. The number of aliphatic hydroxyl groups is 1. The summed E-state index contributed by atoms with van der Waals surface area (Å²) in [7, 11) is 1.00. The van der Waals surface area contributed by atoms with Crippen molar-refractivity contribution in [2.45, 2.75) is 52.5 Å². The lowest BCUT2D eigenvalue weighted by atomic mass is 9.86. The normalized spacial score (nSPS) is 30.4. The first-order valence-corrected chi connectivity index (χ1v) is 9.43. The van der Waals surface area contributed by atoms with Gasteiger partial charge in [-0.1, -0.05) is 20.8 Å². The average Bonchev–Trinajstić information content (AvgIpc) is 2.56. The largest absolute Gasteiger partial charge is 0.400 e. The standard InChI is InChI=1S/C15H29N3.C2H6.CH4O/c1-13-2-4-15(5-3-13)18-8-6-17(7-9-18)12-14-10-16-11-14;2*1-2/h13-16H,2-12H2,1H3;1-2H3;2H,1H3. The van der Waals surface area contributed by atoms with Crippen LogP contribution in [0.5, 0.6) is 0 Å². The molecule has 1 aliphatic carbocycles. The number of nitrogens with one attached hydrogen (secondary N) is 1. The molecule has 132 valence electrons. The predicted octanol–water partition coefficient (Wildman–Crippen LogP) is 2.04. The van der Waals surface area contributed by atoms with Crippen LogP contribution in [0.2, 0.25) is 0 Å². The zero-order valence-electron chi connectivity index (χ0n) is 15.4. The van der Waals surface area contributed by atoms with Gasteiger partial charge in [0.15, 0.2) is 0 Å². The lowest BCUT2D eigenvalue weighted by molar-refractivity contribution is 0.0601. The molecule has 3 fully saturated rings. The van der Waals surface area contributed by atoms with Crippen LogP contribution in [0, 0.1) is 11.8 Å². The summed E-state index contributed by atoms with van der Waals surface area (Å²) in [6, 6.07) is 0.911. The maximum absolute atomic E-state index is 7.00. The molecule has 0 aromatic carbocycles. The summed E-state index contributed by atoms with van der Waals surface area (Å²) in [5.74, 6) is 1.92. The molecule has 0 amide bonds. The fourth-order valence-electron chi connectivity index (χ4n) is 3.76. The first kappa shape index (κ1) is 19.9. The molecule has 0 aromatic heterocycles. The van der Waals surface area contributed by atoms with Crippen molar-refractivity contribution < 1.29 is 5.11 Å². The van der Waals surface area contributed by atoms with Gasteiger partial charge in [0.25, 0.3) is 0 Å². The van der Waals surface area contributed by atoms with Crippen molar-refractivity contribution in [3.8, 4) is 0 Å². The van der Waals surface area contributed by atoms with Crippen LogP contribution in [-0.2, 0) is 0 Å². The van der Waals surface area contributed by atoms with E-state index >= 15 is 0 Å². The fourth-order valence-corrected chi connectivity index (χ4v) is 3.76. The van der Waals surface area contributed by atoms with Gasteiger partial charge in [0, 0.05) is 59.0 Å². The van der Waals surface area contributed by atoms with Crippen LogP contribution in [0.4, 0.5) is 0 Å². The quantitative estimate of drug-likeness (QED) is 0.836. The molecule has 3 rings (SSSR count). The number of nitrogens with zero attached hydrogens (tertiary/aromatic N) is 2. The number of hydrogen-bond donors (Lipinski definition) is 2. The summed E-state index contributed by atoms with van der Waals surface area (Å²) in [6.07, 6.45) is 5.82. The molecule has 2 N–H and O–H groups in total. The Bertz CT molecular complexity index is 255. The van der Waals surface area contributed by atoms with Gasteiger partial charge in [0.05, 0.1) is 0 Å². The minimum atomic E-state index is 0.911. The van der Waals surface area contributed by atoms with Gasteiger partial charge in [0.2, 0.25) is 0 Å². The van der Waals surface area contributed by atoms with Crippen molar-refractivity contribution in [2.24, 2.45) is 11.8 Å². The van der Waals surface area contributed by atoms with Crippen LogP contribution in [-0.4, -0.2) is 73.9 Å². The Morgan fingerprint density at radius 2 is 1.45 bits per heavy atom. The van der Waals surface area contributed by atoms with Crippen LogP contribution in [0.15, 0.2) is 0 Å². The van der Waals surface area contributed by atoms with Crippen LogP contribution in [0.1, 0.15) is 46.5 Å². The third kappa shape index (κ3) is 6.15. The third-order valence-electron chi connectivity index (χ3n) is 5.29. The Kier molecular flexibility index (Phi) is 10.3. The molecule has 2 saturated heterocycles. The van der Waals surface area contributed by atoms with Crippen LogP contribution >= 0.6 is 0 Å². The lowest BCUT2D eigenvalue weighted by Crippen LogP contribution is -2.55. The van der Waals surface area contributed by atoms with E-state index in [9.17, 15) is 0 Å². The van der Waals surface area contributed by atoms with Crippen molar-refractivity contribution in [3.05, 3.63) is 0 Å². The minimum absolute atomic E-state index is 0.911. The van der Waals surface area contributed by atoms with Gasteiger partial charge in [-0.3, -0.25) is 4.90 Å². The molecule has 4 heteroatoms. The SMILES string of the molecule is CC.CC1CCC(N2CCN(CC3CNC3)CC2)CC1.CO. The number of piperazine rings is 1. The van der Waals surface area contributed by atoms with E-state index in [4.69, 9.17) is 5.11 Å². The van der Waals surface area contributed by atoms with Gasteiger partial charge in [-0.2, -0.15) is 0 Å². The van der Waals surface area contributed by atoms with E-state index in [1.54, 1.807) is 0 Å². The van der Waals surface area contributed by atoms with Crippen molar-refractivity contribution in [1.82, 2.24) is 15.1 Å². The average molecular weight is 314 g/mol. The molecule has 1 saturated carbocycles. The summed E-state index contributed by atoms with van der Waals surface area (Å²) in [6.45, 7) is 15.5. The monoisotopic (exact) mass is 313 g/mol. The molecule has 0 radical (unpaired) electrons. The Labute approximate surface area is 138 Å². The zero-order chi connectivity index (χ0) is 16.4. The summed E-state index contributed by atoms with van der Waals surface area (Å²) >= 11 is 0. The Morgan fingerprint density at radius 3 is 1.91 bits per heavy atom. The topological polar surface area (TPSA) is 38.7 Å². The molecule has 0 atom stereocenters. The maximum atomic E-state index is 7.00. The summed E-state index contributed by atoms with van der Waals surface area (Å²) < 4.78 is 0. The van der Waals surface area contributed by atoms with Gasteiger partial charge in [0.1, 0.15) is 0 Å². The van der Waals surface area contributed by atoms with E-state index in [-0.39, 0.29) is 0 Å². The van der Waals surface area contributed by atoms with Gasteiger partial charge in [-0.25, -0.2) is 0 Å². The maximum Gasteiger partial charge on any atom is 0.0319 e. The molecule has 0 bridgehead atoms. The summed E-state index contributed by atoms with van der Waals surface area (Å²) in [4.78, 5) is 5.47. The second kappa shape index (κ2) is 11.4. The van der Waals surface area contributed by atoms with Crippen LogP contribution in [0.25, 0.3) is 0 Å². The van der Waals surface area contributed by atoms with Gasteiger partial charge < -0.3 is 15.3 Å². The van der Waals surface area contributed by atoms with Crippen LogP contribution in [0.3, 0.4) is 0 Å². The highest BCUT2D eigenvalue weighted by atomic mass is 16.2. The van der Waals surface area contributed by atoms with E-state index in [0.717, 1.165) is 25.0 Å². The van der Waals surface area contributed by atoms with Crippen molar-refractivity contribution in [3.63, 3.8) is 0 Å². The van der Waals surface area contributed by atoms with Gasteiger partial charge >= 0.3 is 0 Å². The van der Waals surface area contributed by atoms with E-state index in [1.165, 1.54) is 71.5 Å². The fraction of sp³-hybridized carbons (Fsp3) is 1.00.